The molecule has 2 aromatic carbocycles. The van der Waals surface area contributed by atoms with Gasteiger partial charge in [-0.2, -0.15) is 0 Å². The number of hydrogen-bond donors (Lipinski definition) is 2. The fraction of sp³-hybridized carbons (Fsp3) is 0.200. The highest BCUT2D eigenvalue weighted by Gasteiger charge is 2.09. The van der Waals surface area contributed by atoms with Crippen LogP contribution >= 0.6 is 11.8 Å². The second-order valence-corrected chi connectivity index (χ2v) is 4.99. The second-order valence-electron chi connectivity index (χ2n) is 4.14. The van der Waals surface area contributed by atoms with Crippen LogP contribution < -0.4 is 10.5 Å². The molecule has 0 saturated carbocycles. The Bertz CT molecular complexity index is 528. The van der Waals surface area contributed by atoms with Crippen molar-refractivity contribution in [2.45, 2.75) is 11.0 Å². The number of aliphatic hydroxyl groups is 1. The lowest BCUT2D eigenvalue weighted by Crippen LogP contribution is -2.10. The number of para-hydroxylation sites is 1. The van der Waals surface area contributed by atoms with Crippen LogP contribution in [0.25, 0.3) is 0 Å². The van der Waals surface area contributed by atoms with E-state index in [1.165, 1.54) is 0 Å². The summed E-state index contributed by atoms with van der Waals surface area (Å²) in [5, 5.41) is 10.1. The van der Waals surface area contributed by atoms with Crippen molar-refractivity contribution in [1.29, 1.82) is 0 Å². The minimum absolute atomic E-state index is 0.224. The van der Waals surface area contributed by atoms with E-state index >= 15 is 0 Å². The van der Waals surface area contributed by atoms with E-state index in [9.17, 15) is 5.11 Å². The zero-order valence-corrected chi connectivity index (χ0v) is 11.6. The molecule has 0 spiro atoms. The third kappa shape index (κ3) is 3.66. The molecule has 0 aliphatic rings. The van der Waals surface area contributed by atoms with Crippen molar-refractivity contribution in [1.82, 2.24) is 0 Å². The molecule has 0 aliphatic carbocycles. The molecule has 0 bridgehead atoms. The minimum Gasteiger partial charge on any atom is -0.489 e. The average molecular weight is 275 g/mol. The van der Waals surface area contributed by atoms with Gasteiger partial charge in [-0.1, -0.05) is 24.3 Å². The van der Waals surface area contributed by atoms with Crippen LogP contribution in [0.4, 0.5) is 5.69 Å². The molecule has 3 nitrogen and oxygen atoms in total. The van der Waals surface area contributed by atoms with Crippen LogP contribution in [0.15, 0.2) is 53.4 Å². The van der Waals surface area contributed by atoms with Gasteiger partial charge in [0, 0.05) is 10.6 Å². The van der Waals surface area contributed by atoms with E-state index in [-0.39, 0.29) is 6.61 Å². The molecule has 1 unspecified atom stereocenters. The molecule has 0 heterocycles. The maximum absolute atomic E-state index is 10.1. The topological polar surface area (TPSA) is 55.5 Å². The largest absolute Gasteiger partial charge is 0.489 e. The summed E-state index contributed by atoms with van der Waals surface area (Å²) in [6.07, 6.45) is 1.34. The quantitative estimate of drug-likeness (QED) is 0.650. The molecular weight excluding hydrogens is 258 g/mol. The van der Waals surface area contributed by atoms with E-state index in [1.807, 2.05) is 42.7 Å². The van der Waals surface area contributed by atoms with Crippen LogP contribution in [-0.4, -0.2) is 18.0 Å². The van der Waals surface area contributed by atoms with Crippen LogP contribution in [0.2, 0.25) is 0 Å². The third-order valence-corrected chi connectivity index (χ3v) is 3.56. The Hall–Kier alpha value is -1.65. The van der Waals surface area contributed by atoms with Crippen molar-refractivity contribution < 1.29 is 9.84 Å². The number of anilines is 1. The zero-order valence-electron chi connectivity index (χ0n) is 10.7. The Labute approximate surface area is 117 Å². The molecule has 1 atom stereocenters. The second kappa shape index (κ2) is 6.50. The Morgan fingerprint density at radius 1 is 1.16 bits per heavy atom. The highest BCUT2D eigenvalue weighted by Crippen LogP contribution is 2.27. The maximum atomic E-state index is 10.1. The lowest BCUT2D eigenvalue weighted by atomic mass is 10.1. The summed E-state index contributed by atoms with van der Waals surface area (Å²) in [7, 11) is 0. The summed E-state index contributed by atoms with van der Waals surface area (Å²) in [4.78, 5) is 1.06. The molecule has 0 fully saturated rings. The number of hydrogen-bond acceptors (Lipinski definition) is 4. The molecule has 19 heavy (non-hydrogen) atoms. The van der Waals surface area contributed by atoms with Gasteiger partial charge in [0.25, 0.3) is 0 Å². The fourth-order valence-electron chi connectivity index (χ4n) is 1.72. The normalized spacial score (nSPS) is 12.1. The van der Waals surface area contributed by atoms with Gasteiger partial charge in [-0.25, -0.2) is 0 Å². The first-order chi connectivity index (χ1) is 9.20. The number of nitrogen functional groups attached to an aromatic ring is 1. The zero-order chi connectivity index (χ0) is 13.7. The molecule has 0 aliphatic heterocycles. The standard InChI is InChI=1S/C15H17NO2S/c1-19-15-5-3-2-4-14(15)18-10-13(17)11-6-8-12(16)9-7-11/h2-9,13,17H,10,16H2,1H3. The molecule has 0 radical (unpaired) electrons. The van der Waals surface area contributed by atoms with Crippen LogP contribution in [0.3, 0.4) is 0 Å². The van der Waals surface area contributed by atoms with Crippen molar-refractivity contribution in [3.05, 3.63) is 54.1 Å². The molecule has 0 saturated heterocycles. The highest BCUT2D eigenvalue weighted by atomic mass is 32.2. The molecule has 100 valence electrons. The van der Waals surface area contributed by atoms with Gasteiger partial charge in [-0.3, -0.25) is 0 Å². The summed E-state index contributed by atoms with van der Waals surface area (Å²) >= 11 is 1.62. The van der Waals surface area contributed by atoms with Gasteiger partial charge in [0.1, 0.15) is 18.5 Å². The third-order valence-electron chi connectivity index (χ3n) is 2.79. The van der Waals surface area contributed by atoms with E-state index in [0.717, 1.165) is 16.2 Å². The van der Waals surface area contributed by atoms with Crippen molar-refractivity contribution in [3.8, 4) is 5.75 Å². The van der Waals surface area contributed by atoms with E-state index in [0.29, 0.717) is 5.69 Å². The number of aliphatic hydroxyl groups excluding tert-OH is 1. The fourth-order valence-corrected chi connectivity index (χ4v) is 2.26. The first-order valence-electron chi connectivity index (χ1n) is 6.00. The summed E-state index contributed by atoms with van der Waals surface area (Å²) in [5.74, 6) is 0.796. The van der Waals surface area contributed by atoms with Crippen LogP contribution in [0, 0.1) is 0 Å². The molecular formula is C15H17NO2S. The van der Waals surface area contributed by atoms with Gasteiger partial charge in [0.05, 0.1) is 0 Å². The summed E-state index contributed by atoms with van der Waals surface area (Å²) in [5.41, 5.74) is 7.10. The predicted molar refractivity (Wildman–Crippen MR) is 79.5 cm³/mol. The van der Waals surface area contributed by atoms with Crippen molar-refractivity contribution in [2.75, 3.05) is 18.6 Å². The predicted octanol–water partition coefficient (Wildman–Crippen LogP) is 3.10. The van der Waals surface area contributed by atoms with Gasteiger partial charge >= 0.3 is 0 Å². The molecule has 2 aromatic rings. The SMILES string of the molecule is CSc1ccccc1OCC(O)c1ccc(N)cc1. The first kappa shape index (κ1) is 13.8. The Morgan fingerprint density at radius 3 is 2.53 bits per heavy atom. The molecule has 4 heteroatoms. The summed E-state index contributed by atoms with van der Waals surface area (Å²) in [6.45, 7) is 0.224. The highest BCUT2D eigenvalue weighted by molar-refractivity contribution is 7.98. The van der Waals surface area contributed by atoms with Crippen LogP contribution in [0.5, 0.6) is 5.75 Å². The molecule has 3 N–H and O–H groups in total. The number of benzene rings is 2. The summed E-state index contributed by atoms with van der Waals surface area (Å²) < 4.78 is 5.67. The number of ether oxygens (including phenoxy) is 1. The van der Waals surface area contributed by atoms with Crippen LogP contribution in [0.1, 0.15) is 11.7 Å². The molecule has 0 aromatic heterocycles. The maximum Gasteiger partial charge on any atom is 0.132 e. The van der Waals surface area contributed by atoms with Gasteiger partial charge in [0.15, 0.2) is 0 Å². The van der Waals surface area contributed by atoms with Gasteiger partial charge in [-0.15, -0.1) is 11.8 Å². The Morgan fingerprint density at radius 2 is 1.84 bits per heavy atom. The molecule has 2 rings (SSSR count). The van der Waals surface area contributed by atoms with Gasteiger partial charge < -0.3 is 15.6 Å². The number of rotatable bonds is 5. The van der Waals surface area contributed by atoms with Gasteiger partial charge in [0.2, 0.25) is 0 Å². The van der Waals surface area contributed by atoms with E-state index < -0.39 is 6.10 Å². The Balaban J connectivity index is 2.00. The molecule has 0 amide bonds. The number of nitrogens with two attached hydrogens (primary N) is 1. The van der Waals surface area contributed by atoms with E-state index in [1.54, 1.807) is 23.9 Å². The summed E-state index contributed by atoms with van der Waals surface area (Å²) in [6, 6.07) is 15.0. The number of thioether (sulfide) groups is 1. The van der Waals surface area contributed by atoms with E-state index in [2.05, 4.69) is 0 Å². The van der Waals surface area contributed by atoms with Crippen LogP contribution in [-0.2, 0) is 0 Å². The minimum atomic E-state index is -0.657. The first-order valence-corrected chi connectivity index (χ1v) is 7.22. The van der Waals surface area contributed by atoms with Crippen molar-refractivity contribution in [2.24, 2.45) is 0 Å². The van der Waals surface area contributed by atoms with Gasteiger partial charge in [-0.05, 0) is 36.1 Å². The van der Waals surface area contributed by atoms with Crippen molar-refractivity contribution in [3.63, 3.8) is 0 Å². The monoisotopic (exact) mass is 275 g/mol. The lowest BCUT2D eigenvalue weighted by molar-refractivity contribution is 0.106. The lowest BCUT2D eigenvalue weighted by Gasteiger charge is -2.14. The average Bonchev–Trinajstić information content (AvgIpc) is 2.45. The van der Waals surface area contributed by atoms with Crippen molar-refractivity contribution >= 4 is 17.4 Å². The van der Waals surface area contributed by atoms with E-state index in [4.69, 9.17) is 10.5 Å². The smallest absolute Gasteiger partial charge is 0.132 e. The Kier molecular flexibility index (Phi) is 4.71.